The van der Waals surface area contributed by atoms with E-state index in [1.165, 1.54) is 11.8 Å². The molecule has 4 rings (SSSR count). The van der Waals surface area contributed by atoms with E-state index in [4.69, 9.17) is 4.74 Å². The highest BCUT2D eigenvalue weighted by Crippen LogP contribution is 2.43. The number of amidine groups is 1. The Balaban J connectivity index is 1.65. The summed E-state index contributed by atoms with van der Waals surface area (Å²) in [7, 11) is -3.11. The van der Waals surface area contributed by atoms with Gasteiger partial charge in [0.2, 0.25) is 0 Å². The SMILES string of the molecule is Cc1cc(Br)cc(C)c1N1C(=NC(=O)COc2ccccc2)S[C@H]2CS(=O)(=O)C[C@H]21. The van der Waals surface area contributed by atoms with Crippen molar-refractivity contribution in [3.8, 4) is 5.75 Å². The number of carbonyl (C=O) groups is 1. The van der Waals surface area contributed by atoms with E-state index in [2.05, 4.69) is 20.9 Å². The topological polar surface area (TPSA) is 76.0 Å². The van der Waals surface area contributed by atoms with Crippen molar-refractivity contribution in [1.82, 2.24) is 0 Å². The number of carbonyl (C=O) groups excluding carboxylic acids is 1. The van der Waals surface area contributed by atoms with Gasteiger partial charge in [-0.25, -0.2) is 8.42 Å². The molecule has 0 aromatic heterocycles. The van der Waals surface area contributed by atoms with Crippen molar-refractivity contribution in [3.05, 3.63) is 58.1 Å². The summed E-state index contributed by atoms with van der Waals surface area (Å²) in [5.74, 6) is 0.361. The molecule has 0 N–H and O–H groups in total. The third-order valence-electron chi connectivity index (χ3n) is 5.09. The number of hydrogen-bond donors (Lipinski definition) is 0. The third-order valence-corrected chi connectivity index (χ3v) is 8.76. The van der Waals surface area contributed by atoms with E-state index in [1.54, 1.807) is 12.1 Å². The lowest BCUT2D eigenvalue weighted by Gasteiger charge is -2.28. The summed E-state index contributed by atoms with van der Waals surface area (Å²) >= 11 is 4.87. The summed E-state index contributed by atoms with van der Waals surface area (Å²) in [6.45, 7) is 3.78. The maximum absolute atomic E-state index is 12.5. The minimum absolute atomic E-state index is 0.0628. The molecule has 158 valence electrons. The van der Waals surface area contributed by atoms with Crippen molar-refractivity contribution in [3.63, 3.8) is 0 Å². The number of fused-ring (bicyclic) bond motifs is 1. The summed E-state index contributed by atoms with van der Waals surface area (Å²) in [5, 5.41) is 0.397. The number of thioether (sulfide) groups is 1. The van der Waals surface area contributed by atoms with Gasteiger partial charge in [0.05, 0.1) is 17.5 Å². The first kappa shape index (κ1) is 21.4. The summed E-state index contributed by atoms with van der Waals surface area (Å²) in [6.07, 6.45) is 0. The Kier molecular flexibility index (Phi) is 5.96. The summed E-state index contributed by atoms with van der Waals surface area (Å²) in [6, 6.07) is 12.8. The Labute approximate surface area is 188 Å². The predicted octanol–water partition coefficient (Wildman–Crippen LogP) is 3.75. The van der Waals surface area contributed by atoms with Crippen LogP contribution < -0.4 is 9.64 Å². The summed E-state index contributed by atoms with van der Waals surface area (Å²) in [4.78, 5) is 18.8. The molecule has 6 nitrogen and oxygen atoms in total. The number of benzene rings is 2. The lowest BCUT2D eigenvalue weighted by Crippen LogP contribution is -2.38. The van der Waals surface area contributed by atoms with Gasteiger partial charge in [0.1, 0.15) is 5.75 Å². The molecule has 2 aromatic carbocycles. The number of rotatable bonds is 4. The van der Waals surface area contributed by atoms with Crippen molar-refractivity contribution in [2.24, 2.45) is 4.99 Å². The van der Waals surface area contributed by atoms with Crippen LogP contribution in [0.15, 0.2) is 51.9 Å². The first-order chi connectivity index (χ1) is 14.2. The maximum atomic E-state index is 12.5. The van der Waals surface area contributed by atoms with Crippen molar-refractivity contribution >= 4 is 54.3 Å². The Morgan fingerprint density at radius 1 is 1.20 bits per heavy atom. The standard InChI is InChI=1S/C21H21BrN2O4S2/c1-13-8-15(22)9-14(2)20(13)24-17-11-30(26,27)12-18(17)29-21(24)23-19(25)10-28-16-6-4-3-5-7-16/h3-9,17-18H,10-12H2,1-2H3/t17-,18+/m1/s1. The van der Waals surface area contributed by atoms with Gasteiger partial charge in [-0.15, -0.1) is 0 Å². The lowest BCUT2D eigenvalue weighted by atomic mass is 10.1. The monoisotopic (exact) mass is 508 g/mol. The van der Waals surface area contributed by atoms with Gasteiger partial charge in [-0.2, -0.15) is 4.99 Å². The smallest absolute Gasteiger partial charge is 0.285 e. The Bertz CT molecular complexity index is 1100. The second kappa shape index (κ2) is 8.36. The number of nitrogens with zero attached hydrogens (tertiary/aromatic N) is 2. The number of halogens is 1. The minimum Gasteiger partial charge on any atom is -0.484 e. The molecular weight excluding hydrogens is 488 g/mol. The molecule has 2 atom stereocenters. The zero-order valence-electron chi connectivity index (χ0n) is 16.5. The second-order valence-corrected chi connectivity index (χ2v) is 11.7. The van der Waals surface area contributed by atoms with Gasteiger partial charge in [-0.3, -0.25) is 4.79 Å². The van der Waals surface area contributed by atoms with Gasteiger partial charge in [-0.05, 0) is 49.2 Å². The Hall–Kier alpha value is -1.84. The molecular formula is C21H21BrN2O4S2. The Morgan fingerprint density at radius 2 is 1.87 bits per heavy atom. The number of aliphatic imine (C=N–C) groups is 1. The molecule has 0 bridgehead atoms. The van der Waals surface area contributed by atoms with Crippen molar-refractivity contribution in [1.29, 1.82) is 0 Å². The number of sulfone groups is 1. The number of hydrogen-bond acceptors (Lipinski definition) is 5. The zero-order valence-corrected chi connectivity index (χ0v) is 19.8. The van der Waals surface area contributed by atoms with E-state index in [-0.39, 0.29) is 29.4 Å². The average molecular weight is 509 g/mol. The molecule has 2 aliphatic heterocycles. The molecule has 2 heterocycles. The second-order valence-electron chi connectivity index (χ2n) is 7.45. The number of aryl methyl sites for hydroxylation is 2. The van der Waals surface area contributed by atoms with Crippen LogP contribution in [0.2, 0.25) is 0 Å². The largest absolute Gasteiger partial charge is 0.484 e. The first-order valence-corrected chi connectivity index (χ1v) is 13.0. The van der Waals surface area contributed by atoms with E-state index in [9.17, 15) is 13.2 Å². The first-order valence-electron chi connectivity index (χ1n) is 9.46. The molecule has 30 heavy (non-hydrogen) atoms. The summed E-state index contributed by atoms with van der Waals surface area (Å²) in [5.41, 5.74) is 2.90. The molecule has 0 spiro atoms. The van der Waals surface area contributed by atoms with Gasteiger partial charge < -0.3 is 9.64 Å². The fraction of sp³-hybridized carbons (Fsp3) is 0.333. The van der Waals surface area contributed by atoms with Crippen molar-refractivity contribution in [2.45, 2.75) is 25.1 Å². The lowest BCUT2D eigenvalue weighted by molar-refractivity contribution is -0.119. The predicted molar refractivity (Wildman–Crippen MR) is 124 cm³/mol. The maximum Gasteiger partial charge on any atom is 0.285 e. The van der Waals surface area contributed by atoms with Crippen LogP contribution >= 0.6 is 27.7 Å². The molecule has 1 amide bonds. The zero-order chi connectivity index (χ0) is 21.5. The van der Waals surface area contributed by atoms with Crippen LogP contribution in [0.5, 0.6) is 5.75 Å². The van der Waals surface area contributed by atoms with Gasteiger partial charge in [-0.1, -0.05) is 45.9 Å². The van der Waals surface area contributed by atoms with Crippen LogP contribution in [-0.2, 0) is 14.6 Å². The molecule has 0 aliphatic carbocycles. The molecule has 2 saturated heterocycles. The quantitative estimate of drug-likeness (QED) is 0.625. The highest BCUT2D eigenvalue weighted by molar-refractivity contribution is 9.10. The molecule has 2 fully saturated rings. The number of ether oxygens (including phenoxy) is 1. The van der Waals surface area contributed by atoms with E-state index >= 15 is 0 Å². The van der Waals surface area contributed by atoms with E-state index in [1.807, 2.05) is 49.1 Å². The number of amides is 1. The molecule has 0 unspecified atom stereocenters. The molecule has 0 radical (unpaired) electrons. The van der Waals surface area contributed by atoms with Crippen LogP contribution in [0.3, 0.4) is 0 Å². The van der Waals surface area contributed by atoms with Gasteiger partial charge in [0.25, 0.3) is 5.91 Å². The fourth-order valence-electron chi connectivity index (χ4n) is 3.91. The van der Waals surface area contributed by atoms with E-state index in [0.717, 1.165) is 21.3 Å². The van der Waals surface area contributed by atoms with E-state index < -0.39 is 15.7 Å². The fourth-order valence-corrected chi connectivity index (χ4v) is 8.51. The normalized spacial score (nSPS) is 23.6. The average Bonchev–Trinajstić information content (AvgIpc) is 3.12. The molecule has 9 heteroatoms. The van der Waals surface area contributed by atoms with E-state index in [0.29, 0.717) is 10.9 Å². The Morgan fingerprint density at radius 3 is 2.53 bits per heavy atom. The van der Waals surface area contributed by atoms with Crippen molar-refractivity contribution in [2.75, 3.05) is 23.0 Å². The highest BCUT2D eigenvalue weighted by atomic mass is 79.9. The van der Waals surface area contributed by atoms with Crippen LogP contribution in [0, 0.1) is 13.8 Å². The van der Waals surface area contributed by atoms with Gasteiger partial charge in [0.15, 0.2) is 21.6 Å². The molecule has 0 saturated carbocycles. The third kappa shape index (κ3) is 4.43. The highest BCUT2D eigenvalue weighted by Gasteiger charge is 2.50. The van der Waals surface area contributed by atoms with Crippen LogP contribution in [0.4, 0.5) is 5.69 Å². The number of anilines is 1. The minimum atomic E-state index is -3.11. The van der Waals surface area contributed by atoms with Crippen LogP contribution in [0.1, 0.15) is 11.1 Å². The number of para-hydroxylation sites is 1. The van der Waals surface area contributed by atoms with Crippen molar-refractivity contribution < 1.29 is 17.9 Å². The summed E-state index contributed by atoms with van der Waals surface area (Å²) < 4.78 is 31.0. The molecule has 2 aliphatic rings. The van der Waals surface area contributed by atoms with Gasteiger partial charge in [0, 0.05) is 15.4 Å². The van der Waals surface area contributed by atoms with Crippen LogP contribution in [-0.4, -0.2) is 48.9 Å². The van der Waals surface area contributed by atoms with Gasteiger partial charge >= 0.3 is 0 Å². The molecule has 2 aromatic rings. The van der Waals surface area contributed by atoms with Crippen LogP contribution in [0.25, 0.3) is 0 Å².